The molecule has 0 unspecified atom stereocenters. The summed E-state index contributed by atoms with van der Waals surface area (Å²) in [6, 6.07) is 9.81. The number of carbonyl (C=O) groups excluding carboxylic acids is 1. The second-order valence-corrected chi connectivity index (χ2v) is 5.84. The van der Waals surface area contributed by atoms with Gasteiger partial charge in [0.05, 0.1) is 12.6 Å². The SMILES string of the molecule is O=C(CC1CCCCC1)N[C@H](CO)Cc1ccccc1. The first kappa shape index (κ1) is 15.0. The largest absolute Gasteiger partial charge is 0.394 e. The van der Waals surface area contributed by atoms with Gasteiger partial charge in [0.15, 0.2) is 0 Å². The van der Waals surface area contributed by atoms with Gasteiger partial charge in [-0.15, -0.1) is 0 Å². The lowest BCUT2D eigenvalue weighted by Crippen LogP contribution is -2.39. The summed E-state index contributed by atoms with van der Waals surface area (Å²) in [4.78, 5) is 12.0. The van der Waals surface area contributed by atoms with Gasteiger partial charge in [0.25, 0.3) is 0 Å². The summed E-state index contributed by atoms with van der Waals surface area (Å²) in [5.41, 5.74) is 1.14. The number of hydrogen-bond donors (Lipinski definition) is 2. The van der Waals surface area contributed by atoms with E-state index in [4.69, 9.17) is 0 Å². The maximum Gasteiger partial charge on any atom is 0.220 e. The zero-order valence-electron chi connectivity index (χ0n) is 12.1. The minimum atomic E-state index is -0.173. The quantitative estimate of drug-likeness (QED) is 0.838. The predicted octanol–water partition coefficient (Wildman–Crippen LogP) is 2.68. The Balaban J connectivity index is 1.78. The molecule has 1 fully saturated rings. The molecule has 0 bridgehead atoms. The molecule has 0 aromatic heterocycles. The van der Waals surface area contributed by atoms with Crippen molar-refractivity contribution in [3.8, 4) is 0 Å². The minimum absolute atomic E-state index is 0.00863. The van der Waals surface area contributed by atoms with Crippen molar-refractivity contribution in [2.45, 2.75) is 51.0 Å². The van der Waals surface area contributed by atoms with Crippen molar-refractivity contribution in [1.82, 2.24) is 5.32 Å². The Hall–Kier alpha value is -1.35. The van der Waals surface area contributed by atoms with Crippen LogP contribution in [0.1, 0.15) is 44.1 Å². The average molecular weight is 275 g/mol. The first-order valence-electron chi connectivity index (χ1n) is 7.72. The summed E-state index contributed by atoms with van der Waals surface area (Å²) in [5, 5.41) is 12.4. The van der Waals surface area contributed by atoms with Crippen LogP contribution in [-0.4, -0.2) is 23.7 Å². The zero-order valence-corrected chi connectivity index (χ0v) is 12.1. The molecule has 20 heavy (non-hydrogen) atoms. The van der Waals surface area contributed by atoms with E-state index in [9.17, 15) is 9.90 Å². The van der Waals surface area contributed by atoms with Gasteiger partial charge < -0.3 is 10.4 Å². The molecule has 0 saturated heterocycles. The van der Waals surface area contributed by atoms with Gasteiger partial charge in [-0.05, 0) is 30.7 Å². The molecule has 0 heterocycles. The molecule has 3 nitrogen and oxygen atoms in total. The molecule has 1 atom stereocenters. The smallest absolute Gasteiger partial charge is 0.220 e. The van der Waals surface area contributed by atoms with E-state index in [0.29, 0.717) is 18.8 Å². The normalized spacial score (nSPS) is 17.6. The number of amides is 1. The Morgan fingerprint density at radius 3 is 2.55 bits per heavy atom. The Labute approximate surface area is 121 Å². The van der Waals surface area contributed by atoms with Gasteiger partial charge in [0.1, 0.15) is 0 Å². The molecule has 2 rings (SSSR count). The van der Waals surface area contributed by atoms with Crippen LogP contribution in [-0.2, 0) is 11.2 Å². The van der Waals surface area contributed by atoms with Crippen molar-refractivity contribution >= 4 is 5.91 Å². The fraction of sp³-hybridized carbons (Fsp3) is 0.588. The highest BCUT2D eigenvalue weighted by Crippen LogP contribution is 2.26. The maximum absolute atomic E-state index is 12.0. The third-order valence-electron chi connectivity index (χ3n) is 4.11. The highest BCUT2D eigenvalue weighted by molar-refractivity contribution is 5.76. The second kappa shape index (κ2) is 8.05. The van der Waals surface area contributed by atoms with Crippen LogP contribution in [0, 0.1) is 5.92 Å². The average Bonchev–Trinajstić information content (AvgIpc) is 2.48. The van der Waals surface area contributed by atoms with Crippen molar-refractivity contribution in [2.75, 3.05) is 6.61 Å². The second-order valence-electron chi connectivity index (χ2n) is 5.84. The molecule has 1 saturated carbocycles. The Kier molecular flexibility index (Phi) is 6.06. The number of hydrogen-bond acceptors (Lipinski definition) is 2. The molecular weight excluding hydrogens is 250 g/mol. The number of aliphatic hydroxyl groups excluding tert-OH is 1. The van der Waals surface area contributed by atoms with Gasteiger partial charge in [-0.1, -0.05) is 49.6 Å². The molecule has 0 spiro atoms. The molecule has 110 valence electrons. The van der Waals surface area contributed by atoms with E-state index in [1.54, 1.807) is 0 Å². The third-order valence-corrected chi connectivity index (χ3v) is 4.11. The van der Waals surface area contributed by atoms with Gasteiger partial charge in [-0.2, -0.15) is 0 Å². The van der Waals surface area contributed by atoms with Crippen LogP contribution in [0.2, 0.25) is 0 Å². The van der Waals surface area contributed by atoms with Crippen LogP contribution in [0.15, 0.2) is 30.3 Å². The number of benzene rings is 1. The van der Waals surface area contributed by atoms with Gasteiger partial charge in [0.2, 0.25) is 5.91 Å². The molecule has 1 aromatic carbocycles. The maximum atomic E-state index is 12.0. The van der Waals surface area contributed by atoms with Gasteiger partial charge in [-0.3, -0.25) is 4.79 Å². The van der Waals surface area contributed by atoms with E-state index in [0.717, 1.165) is 5.56 Å². The van der Waals surface area contributed by atoms with Gasteiger partial charge in [0, 0.05) is 6.42 Å². The first-order chi connectivity index (χ1) is 9.78. The van der Waals surface area contributed by atoms with E-state index in [2.05, 4.69) is 5.32 Å². The molecular formula is C17H25NO2. The molecule has 3 heteroatoms. The fourth-order valence-electron chi connectivity index (χ4n) is 3.00. The number of rotatable bonds is 6. The van der Waals surface area contributed by atoms with Gasteiger partial charge >= 0.3 is 0 Å². The van der Waals surface area contributed by atoms with Crippen molar-refractivity contribution in [2.24, 2.45) is 5.92 Å². The summed E-state index contributed by atoms with van der Waals surface area (Å²) in [6.45, 7) is -0.00863. The lowest BCUT2D eigenvalue weighted by molar-refractivity contribution is -0.123. The Morgan fingerprint density at radius 2 is 1.90 bits per heavy atom. The van der Waals surface area contributed by atoms with Crippen molar-refractivity contribution in [1.29, 1.82) is 0 Å². The van der Waals surface area contributed by atoms with Crippen LogP contribution in [0.5, 0.6) is 0 Å². The zero-order chi connectivity index (χ0) is 14.2. The van der Waals surface area contributed by atoms with Crippen LogP contribution in [0.4, 0.5) is 0 Å². The predicted molar refractivity (Wildman–Crippen MR) is 80.4 cm³/mol. The highest BCUT2D eigenvalue weighted by atomic mass is 16.3. The molecule has 0 radical (unpaired) electrons. The van der Waals surface area contributed by atoms with Crippen molar-refractivity contribution in [3.63, 3.8) is 0 Å². The highest BCUT2D eigenvalue weighted by Gasteiger charge is 2.19. The summed E-state index contributed by atoms with van der Waals surface area (Å²) in [6.07, 6.45) is 7.48. The standard InChI is InChI=1S/C17H25NO2/c19-13-16(11-14-7-3-1-4-8-14)18-17(20)12-15-9-5-2-6-10-15/h1,3-4,7-8,15-16,19H,2,5-6,9-13H2,(H,18,20)/t16-/m0/s1. The van der Waals surface area contributed by atoms with E-state index in [1.165, 1.54) is 32.1 Å². The number of carbonyl (C=O) groups is 1. The van der Waals surface area contributed by atoms with Crippen LogP contribution in [0.3, 0.4) is 0 Å². The summed E-state index contributed by atoms with van der Waals surface area (Å²) < 4.78 is 0. The molecule has 1 aliphatic carbocycles. The van der Waals surface area contributed by atoms with E-state index >= 15 is 0 Å². The monoisotopic (exact) mass is 275 g/mol. The molecule has 1 amide bonds. The Bertz CT molecular complexity index is 399. The first-order valence-corrected chi connectivity index (χ1v) is 7.72. The van der Waals surface area contributed by atoms with Crippen LogP contribution < -0.4 is 5.32 Å². The van der Waals surface area contributed by atoms with E-state index < -0.39 is 0 Å². The molecule has 1 aromatic rings. The van der Waals surface area contributed by atoms with Gasteiger partial charge in [-0.25, -0.2) is 0 Å². The van der Waals surface area contributed by atoms with E-state index in [-0.39, 0.29) is 18.6 Å². The summed E-state index contributed by atoms with van der Waals surface area (Å²) in [7, 11) is 0. The lowest BCUT2D eigenvalue weighted by atomic mass is 9.87. The fourth-order valence-corrected chi connectivity index (χ4v) is 3.00. The molecule has 1 aliphatic rings. The molecule has 2 N–H and O–H groups in total. The molecule has 0 aliphatic heterocycles. The third kappa shape index (κ3) is 4.97. The lowest BCUT2D eigenvalue weighted by Gasteiger charge is -2.22. The topological polar surface area (TPSA) is 49.3 Å². The summed E-state index contributed by atoms with van der Waals surface area (Å²) >= 11 is 0. The minimum Gasteiger partial charge on any atom is -0.394 e. The Morgan fingerprint density at radius 1 is 1.20 bits per heavy atom. The van der Waals surface area contributed by atoms with E-state index in [1.807, 2.05) is 30.3 Å². The van der Waals surface area contributed by atoms with Crippen LogP contribution in [0.25, 0.3) is 0 Å². The van der Waals surface area contributed by atoms with Crippen molar-refractivity contribution < 1.29 is 9.90 Å². The number of aliphatic hydroxyl groups is 1. The van der Waals surface area contributed by atoms with Crippen LogP contribution >= 0.6 is 0 Å². The van der Waals surface area contributed by atoms with Crippen molar-refractivity contribution in [3.05, 3.63) is 35.9 Å². The number of nitrogens with one attached hydrogen (secondary N) is 1. The summed E-state index contributed by atoms with van der Waals surface area (Å²) in [5.74, 6) is 0.631.